The van der Waals surface area contributed by atoms with Crippen molar-refractivity contribution in [3.8, 4) is 5.75 Å². The van der Waals surface area contributed by atoms with Crippen molar-refractivity contribution in [3.05, 3.63) is 76.0 Å². The summed E-state index contributed by atoms with van der Waals surface area (Å²) in [6.45, 7) is 3.23. The van der Waals surface area contributed by atoms with Crippen LogP contribution in [0.1, 0.15) is 24.1 Å². The quantitative estimate of drug-likeness (QED) is 0.289. The minimum atomic E-state index is -1.26. The van der Waals surface area contributed by atoms with E-state index in [1.807, 2.05) is 12.1 Å². The summed E-state index contributed by atoms with van der Waals surface area (Å²) in [7, 11) is 1.70. The number of hydrogen-bond acceptors (Lipinski definition) is 8. The lowest BCUT2D eigenvalue weighted by molar-refractivity contribution is -0.134. The summed E-state index contributed by atoms with van der Waals surface area (Å²) in [5.74, 6) is -1.89. The first-order chi connectivity index (χ1) is 20.1. The van der Waals surface area contributed by atoms with Crippen LogP contribution >= 0.6 is 0 Å². The molecule has 3 aromatic rings. The number of carboxylic acid groups (broad SMARTS) is 2. The number of carbonyl (C=O) groups excluding carboxylic acids is 1. The van der Waals surface area contributed by atoms with Crippen LogP contribution in [0.2, 0.25) is 0 Å². The first-order valence-electron chi connectivity index (χ1n) is 13.4. The highest BCUT2D eigenvalue weighted by Crippen LogP contribution is 2.25. The third-order valence-corrected chi connectivity index (χ3v) is 7.07. The lowest BCUT2D eigenvalue weighted by Crippen LogP contribution is -2.43. The van der Waals surface area contributed by atoms with E-state index in [0.29, 0.717) is 53.8 Å². The number of hydrogen-bond donors (Lipinski definition) is 4. The lowest BCUT2D eigenvalue weighted by Gasteiger charge is -2.32. The van der Waals surface area contributed by atoms with E-state index in [0.717, 1.165) is 43.6 Å². The number of aromatic nitrogens is 2. The molecule has 1 aromatic carbocycles. The molecule has 4 N–H and O–H groups in total. The third kappa shape index (κ3) is 7.98. The predicted molar refractivity (Wildman–Crippen MR) is 152 cm³/mol. The van der Waals surface area contributed by atoms with E-state index in [4.69, 9.17) is 14.9 Å². The number of nitrogens with one attached hydrogen (secondary N) is 2. The van der Waals surface area contributed by atoms with Crippen LogP contribution in [0, 0.1) is 5.82 Å². The van der Waals surface area contributed by atoms with Crippen LogP contribution < -0.4 is 20.9 Å². The molecule has 0 radical (unpaired) electrons. The van der Waals surface area contributed by atoms with Gasteiger partial charge in [-0.25, -0.2) is 19.0 Å². The van der Waals surface area contributed by atoms with Crippen LogP contribution in [-0.2, 0) is 34.4 Å². The summed E-state index contributed by atoms with van der Waals surface area (Å²) in [6, 6.07) is 10.6. The van der Waals surface area contributed by atoms with Crippen LogP contribution in [0.25, 0.3) is 10.9 Å². The standard InChI is InChI=1S/C25H28FN5O3.C4H4O4/c1-30-23(33)7-3-16-2-5-20(26)19(24(16)30)10-13-31-11-8-17(9-12-31)27-14-18-4-6-21-25(28-18)29-22(32)15-34-21;5-3(6)1-2-4(7)8/h2-7,17,27H,8-15H2,1H3,(H,28,29,32);1-2H,(H,5,6)(H,7,8). The van der Waals surface area contributed by atoms with Crippen LogP contribution in [0.3, 0.4) is 0 Å². The van der Waals surface area contributed by atoms with E-state index in [1.54, 1.807) is 19.2 Å². The average Bonchev–Trinajstić information content (AvgIpc) is 2.97. The van der Waals surface area contributed by atoms with Gasteiger partial charge >= 0.3 is 11.9 Å². The molecule has 13 heteroatoms. The van der Waals surface area contributed by atoms with Gasteiger partial charge in [-0.3, -0.25) is 9.59 Å². The Labute approximate surface area is 240 Å². The van der Waals surface area contributed by atoms with E-state index >= 15 is 0 Å². The predicted octanol–water partition coefficient (Wildman–Crippen LogP) is 1.91. The summed E-state index contributed by atoms with van der Waals surface area (Å²) in [6.07, 6.45) is 3.65. The van der Waals surface area contributed by atoms with Crippen molar-refractivity contribution in [3.63, 3.8) is 0 Å². The fourth-order valence-electron chi connectivity index (χ4n) is 4.91. The fraction of sp³-hybridized carbons (Fsp3) is 0.345. The normalized spacial score (nSPS) is 15.4. The maximum atomic E-state index is 14.7. The molecule has 0 bridgehead atoms. The number of anilines is 1. The Balaban J connectivity index is 0.000000446. The molecule has 4 heterocycles. The summed E-state index contributed by atoms with van der Waals surface area (Å²) < 4.78 is 21.5. The zero-order valence-corrected chi connectivity index (χ0v) is 23.0. The Morgan fingerprint density at radius 2 is 1.79 bits per heavy atom. The zero-order chi connectivity index (χ0) is 30.2. The monoisotopic (exact) mass is 581 g/mol. The number of likely N-dealkylation sites (tertiary alicyclic amines) is 1. The van der Waals surface area contributed by atoms with Crippen LogP contribution in [0.15, 0.2) is 53.3 Å². The molecule has 12 nitrogen and oxygen atoms in total. The van der Waals surface area contributed by atoms with Crippen LogP contribution in [0.4, 0.5) is 10.2 Å². The molecule has 0 spiro atoms. The van der Waals surface area contributed by atoms with Gasteiger partial charge in [-0.05, 0) is 68.1 Å². The summed E-state index contributed by atoms with van der Waals surface area (Å²) >= 11 is 0. The first-order valence-corrected chi connectivity index (χ1v) is 13.4. The molecule has 0 saturated carbocycles. The SMILES string of the molecule is Cn1c(=O)ccc2ccc(F)c(CCN3CCC(NCc4ccc5c(n4)NC(=O)CO5)CC3)c21.O=C(O)C=CC(=O)O. The molecule has 2 aliphatic rings. The lowest BCUT2D eigenvalue weighted by atomic mass is 10.0. The van der Waals surface area contributed by atoms with Gasteiger partial charge in [0.2, 0.25) is 0 Å². The molecule has 1 amide bonds. The van der Waals surface area contributed by atoms with E-state index in [9.17, 15) is 23.6 Å². The van der Waals surface area contributed by atoms with Gasteiger partial charge in [0, 0.05) is 50.0 Å². The van der Waals surface area contributed by atoms with Crippen molar-refractivity contribution in [1.82, 2.24) is 19.8 Å². The van der Waals surface area contributed by atoms with Gasteiger partial charge in [0.15, 0.2) is 18.2 Å². The Morgan fingerprint density at radius 1 is 1.10 bits per heavy atom. The van der Waals surface area contributed by atoms with Crippen molar-refractivity contribution in [2.24, 2.45) is 7.05 Å². The van der Waals surface area contributed by atoms with Crippen molar-refractivity contribution in [2.45, 2.75) is 31.8 Å². The second kappa shape index (κ2) is 13.8. The van der Waals surface area contributed by atoms with Crippen molar-refractivity contribution in [2.75, 3.05) is 31.6 Å². The Bertz CT molecular complexity index is 1550. The smallest absolute Gasteiger partial charge is 0.328 e. The third-order valence-electron chi connectivity index (χ3n) is 7.07. The molecule has 1 saturated heterocycles. The number of nitrogens with zero attached hydrogens (tertiary/aromatic N) is 3. The zero-order valence-electron chi connectivity index (χ0n) is 23.0. The molecule has 0 aliphatic carbocycles. The van der Waals surface area contributed by atoms with E-state index < -0.39 is 11.9 Å². The molecule has 5 rings (SSSR count). The minimum Gasteiger partial charge on any atom is -0.480 e. The maximum Gasteiger partial charge on any atom is 0.328 e. The number of rotatable bonds is 8. The highest BCUT2D eigenvalue weighted by Gasteiger charge is 2.21. The number of carbonyl (C=O) groups is 3. The topological polar surface area (TPSA) is 163 Å². The van der Waals surface area contributed by atoms with E-state index in [-0.39, 0.29) is 23.9 Å². The second-order valence-electron chi connectivity index (χ2n) is 9.94. The number of fused-ring (bicyclic) bond motifs is 2. The van der Waals surface area contributed by atoms with Gasteiger partial charge in [0.1, 0.15) is 5.82 Å². The highest BCUT2D eigenvalue weighted by molar-refractivity contribution is 5.94. The number of piperidine rings is 1. The fourth-order valence-corrected chi connectivity index (χ4v) is 4.91. The Morgan fingerprint density at radius 3 is 2.48 bits per heavy atom. The van der Waals surface area contributed by atoms with Gasteiger partial charge in [-0.1, -0.05) is 0 Å². The molecule has 2 aliphatic heterocycles. The minimum absolute atomic E-state index is 0.0239. The number of aryl methyl sites for hydroxylation is 1. The average molecular weight is 582 g/mol. The summed E-state index contributed by atoms with van der Waals surface area (Å²) in [4.78, 5) is 49.5. The van der Waals surface area contributed by atoms with Crippen LogP contribution in [-0.4, -0.2) is 74.8 Å². The first kappa shape index (κ1) is 30.3. The highest BCUT2D eigenvalue weighted by atomic mass is 19.1. The number of ether oxygens (including phenoxy) is 1. The number of carboxylic acids is 2. The summed E-state index contributed by atoms with van der Waals surface area (Å²) in [5.41, 5.74) is 2.01. The molecule has 42 heavy (non-hydrogen) atoms. The second-order valence-corrected chi connectivity index (χ2v) is 9.94. The Hall–Kier alpha value is -4.62. The molecule has 0 unspecified atom stereocenters. The van der Waals surface area contributed by atoms with Gasteiger partial charge in [-0.15, -0.1) is 0 Å². The molecule has 2 aromatic heterocycles. The molecular formula is C29H32FN5O7. The van der Waals surface area contributed by atoms with E-state index in [2.05, 4.69) is 20.5 Å². The number of benzene rings is 1. The van der Waals surface area contributed by atoms with Crippen molar-refractivity contribution >= 4 is 34.6 Å². The van der Waals surface area contributed by atoms with E-state index in [1.165, 1.54) is 16.7 Å². The van der Waals surface area contributed by atoms with Crippen molar-refractivity contribution in [1.29, 1.82) is 0 Å². The largest absolute Gasteiger partial charge is 0.480 e. The molecular weight excluding hydrogens is 549 g/mol. The van der Waals surface area contributed by atoms with Gasteiger partial charge < -0.3 is 35.1 Å². The van der Waals surface area contributed by atoms with Crippen molar-refractivity contribution < 1.29 is 33.7 Å². The Kier molecular flexibility index (Phi) is 9.99. The van der Waals surface area contributed by atoms with Crippen LogP contribution in [0.5, 0.6) is 5.75 Å². The molecule has 0 atom stereocenters. The van der Waals surface area contributed by atoms with Gasteiger partial charge in [0.05, 0.1) is 11.2 Å². The number of pyridine rings is 2. The van der Waals surface area contributed by atoms with Gasteiger partial charge in [0.25, 0.3) is 11.5 Å². The number of halogens is 1. The number of aliphatic carboxylic acids is 2. The molecule has 1 fully saturated rings. The summed E-state index contributed by atoms with van der Waals surface area (Å²) in [5, 5.41) is 22.8. The number of amides is 1. The molecule has 222 valence electrons. The van der Waals surface area contributed by atoms with Gasteiger partial charge in [-0.2, -0.15) is 0 Å². The maximum absolute atomic E-state index is 14.7.